The molecule has 0 fully saturated rings. The van der Waals surface area contributed by atoms with Crippen molar-refractivity contribution in [3.05, 3.63) is 59.2 Å². The second-order valence-electron chi connectivity index (χ2n) is 4.86. The summed E-state index contributed by atoms with van der Waals surface area (Å²) in [6, 6.07) is 13.5. The van der Waals surface area contributed by atoms with E-state index in [1.54, 1.807) is 25.2 Å². The van der Waals surface area contributed by atoms with Crippen molar-refractivity contribution in [1.82, 2.24) is 5.32 Å². The number of aryl methyl sites for hydroxylation is 1. The van der Waals surface area contributed by atoms with Crippen LogP contribution in [0.1, 0.15) is 28.4 Å². The second kappa shape index (κ2) is 6.79. The van der Waals surface area contributed by atoms with E-state index in [9.17, 15) is 4.79 Å². The van der Waals surface area contributed by atoms with Crippen LogP contribution in [0.3, 0.4) is 0 Å². The normalized spacial score (nSPS) is 10.2. The molecule has 4 N–H and O–H groups in total. The number of amides is 1. The van der Waals surface area contributed by atoms with E-state index in [2.05, 4.69) is 29.7 Å². The highest BCUT2D eigenvalue weighted by atomic mass is 16.1. The zero-order valence-corrected chi connectivity index (χ0v) is 12.4. The Labute approximate surface area is 125 Å². The van der Waals surface area contributed by atoms with Gasteiger partial charge in [0.1, 0.15) is 0 Å². The van der Waals surface area contributed by atoms with E-state index in [0.29, 0.717) is 17.8 Å². The number of carbonyl (C=O) groups is 1. The number of hydrogen-bond acceptors (Lipinski definition) is 3. The summed E-state index contributed by atoms with van der Waals surface area (Å²) in [6.45, 7) is 2.80. The highest BCUT2D eigenvalue weighted by Gasteiger charge is 2.10. The first kappa shape index (κ1) is 14.9. The minimum Gasteiger partial charge on any atom is -0.399 e. The zero-order chi connectivity index (χ0) is 15.2. The topological polar surface area (TPSA) is 67.1 Å². The summed E-state index contributed by atoms with van der Waals surface area (Å²) in [5.41, 5.74) is 10.3. The lowest BCUT2D eigenvalue weighted by Crippen LogP contribution is -2.20. The smallest absolute Gasteiger partial charge is 0.253 e. The van der Waals surface area contributed by atoms with Gasteiger partial charge in [0, 0.05) is 25.0 Å². The summed E-state index contributed by atoms with van der Waals surface area (Å²) < 4.78 is 0. The molecule has 0 unspecified atom stereocenters. The quantitative estimate of drug-likeness (QED) is 0.739. The van der Waals surface area contributed by atoms with Crippen LogP contribution in [-0.2, 0) is 13.0 Å². The highest BCUT2D eigenvalue weighted by Crippen LogP contribution is 2.21. The predicted octanol–water partition coefficient (Wildman–Crippen LogP) is 2.80. The zero-order valence-electron chi connectivity index (χ0n) is 12.4. The molecule has 0 spiro atoms. The fourth-order valence-corrected chi connectivity index (χ4v) is 2.31. The SMILES string of the molecule is CCc1ccccc1CNc1cc(N)ccc1C(=O)NC. The maximum atomic E-state index is 11.9. The van der Waals surface area contributed by atoms with Gasteiger partial charge in [-0.15, -0.1) is 0 Å². The molecule has 0 atom stereocenters. The van der Waals surface area contributed by atoms with E-state index < -0.39 is 0 Å². The molecule has 2 aromatic carbocycles. The number of nitrogens with one attached hydrogen (secondary N) is 2. The van der Waals surface area contributed by atoms with Gasteiger partial charge in [-0.1, -0.05) is 31.2 Å². The third-order valence-corrected chi connectivity index (χ3v) is 3.48. The van der Waals surface area contributed by atoms with Gasteiger partial charge in [-0.2, -0.15) is 0 Å². The number of hydrogen-bond donors (Lipinski definition) is 3. The number of rotatable bonds is 5. The molecule has 4 nitrogen and oxygen atoms in total. The van der Waals surface area contributed by atoms with Crippen LogP contribution in [-0.4, -0.2) is 13.0 Å². The van der Waals surface area contributed by atoms with E-state index >= 15 is 0 Å². The van der Waals surface area contributed by atoms with E-state index in [1.807, 2.05) is 12.1 Å². The Morgan fingerprint density at radius 2 is 1.86 bits per heavy atom. The number of nitrogen functional groups attached to an aromatic ring is 1. The van der Waals surface area contributed by atoms with Crippen molar-refractivity contribution in [2.45, 2.75) is 19.9 Å². The van der Waals surface area contributed by atoms with E-state index in [0.717, 1.165) is 12.1 Å². The molecule has 2 rings (SSSR count). The molecule has 0 aromatic heterocycles. The van der Waals surface area contributed by atoms with Gasteiger partial charge in [0.05, 0.1) is 5.56 Å². The average Bonchev–Trinajstić information content (AvgIpc) is 2.52. The third-order valence-electron chi connectivity index (χ3n) is 3.48. The Kier molecular flexibility index (Phi) is 4.82. The Morgan fingerprint density at radius 3 is 2.52 bits per heavy atom. The molecule has 0 aliphatic carbocycles. The fourth-order valence-electron chi connectivity index (χ4n) is 2.31. The minimum atomic E-state index is -0.124. The first-order chi connectivity index (χ1) is 10.2. The first-order valence-corrected chi connectivity index (χ1v) is 7.08. The highest BCUT2D eigenvalue weighted by molar-refractivity contribution is 6.00. The van der Waals surface area contributed by atoms with Crippen LogP contribution in [0.5, 0.6) is 0 Å². The van der Waals surface area contributed by atoms with Gasteiger partial charge in [0.25, 0.3) is 5.91 Å². The van der Waals surface area contributed by atoms with Crippen LogP contribution in [0.25, 0.3) is 0 Å². The van der Waals surface area contributed by atoms with E-state index in [-0.39, 0.29) is 5.91 Å². The average molecular weight is 283 g/mol. The summed E-state index contributed by atoms with van der Waals surface area (Å²) in [6.07, 6.45) is 0.983. The lowest BCUT2D eigenvalue weighted by molar-refractivity contribution is 0.0964. The van der Waals surface area contributed by atoms with Crippen molar-refractivity contribution in [2.24, 2.45) is 0 Å². The van der Waals surface area contributed by atoms with Gasteiger partial charge in [-0.05, 0) is 35.7 Å². The standard InChI is InChI=1S/C17H21N3O/c1-3-12-6-4-5-7-13(12)11-20-16-10-14(18)8-9-15(16)17(21)19-2/h4-10,20H,3,11,18H2,1-2H3,(H,19,21). The summed E-state index contributed by atoms with van der Waals surface area (Å²) in [7, 11) is 1.62. The van der Waals surface area contributed by atoms with Crippen LogP contribution in [0, 0.1) is 0 Å². The molecule has 0 radical (unpaired) electrons. The second-order valence-corrected chi connectivity index (χ2v) is 4.86. The lowest BCUT2D eigenvalue weighted by atomic mass is 10.0. The molecule has 0 heterocycles. The van der Waals surface area contributed by atoms with Gasteiger partial charge in [0.15, 0.2) is 0 Å². The van der Waals surface area contributed by atoms with Crippen LogP contribution in [0.15, 0.2) is 42.5 Å². The van der Waals surface area contributed by atoms with Crippen LogP contribution < -0.4 is 16.4 Å². The predicted molar refractivity (Wildman–Crippen MR) is 87.4 cm³/mol. The molecule has 0 saturated heterocycles. The van der Waals surface area contributed by atoms with Gasteiger partial charge in [0.2, 0.25) is 0 Å². The molecule has 4 heteroatoms. The van der Waals surface area contributed by atoms with Gasteiger partial charge in [-0.3, -0.25) is 4.79 Å². The van der Waals surface area contributed by atoms with Gasteiger partial charge >= 0.3 is 0 Å². The van der Waals surface area contributed by atoms with Crippen molar-refractivity contribution in [3.8, 4) is 0 Å². The Morgan fingerprint density at radius 1 is 1.14 bits per heavy atom. The number of benzene rings is 2. The maximum absolute atomic E-state index is 11.9. The molecule has 110 valence electrons. The van der Waals surface area contributed by atoms with Crippen molar-refractivity contribution < 1.29 is 4.79 Å². The van der Waals surface area contributed by atoms with Crippen molar-refractivity contribution in [3.63, 3.8) is 0 Å². The summed E-state index contributed by atoms with van der Waals surface area (Å²) in [4.78, 5) is 11.9. The molecule has 21 heavy (non-hydrogen) atoms. The Bertz CT molecular complexity index is 638. The Balaban J connectivity index is 2.23. The van der Waals surface area contributed by atoms with E-state index in [4.69, 9.17) is 5.73 Å². The molecule has 0 bridgehead atoms. The molecule has 0 saturated carbocycles. The van der Waals surface area contributed by atoms with Crippen molar-refractivity contribution >= 4 is 17.3 Å². The summed E-state index contributed by atoms with van der Waals surface area (Å²) >= 11 is 0. The number of anilines is 2. The van der Waals surface area contributed by atoms with Gasteiger partial charge < -0.3 is 16.4 Å². The molecular weight excluding hydrogens is 262 g/mol. The summed E-state index contributed by atoms with van der Waals surface area (Å²) in [5.74, 6) is -0.124. The first-order valence-electron chi connectivity index (χ1n) is 7.08. The Hall–Kier alpha value is -2.49. The van der Waals surface area contributed by atoms with Gasteiger partial charge in [-0.25, -0.2) is 0 Å². The minimum absolute atomic E-state index is 0.124. The van der Waals surface area contributed by atoms with Crippen LogP contribution in [0.2, 0.25) is 0 Å². The number of carbonyl (C=O) groups excluding carboxylic acids is 1. The van der Waals surface area contributed by atoms with Crippen LogP contribution in [0.4, 0.5) is 11.4 Å². The van der Waals surface area contributed by atoms with Crippen molar-refractivity contribution in [1.29, 1.82) is 0 Å². The van der Waals surface area contributed by atoms with Crippen LogP contribution >= 0.6 is 0 Å². The molecule has 0 aliphatic rings. The lowest BCUT2D eigenvalue weighted by Gasteiger charge is -2.14. The number of nitrogens with two attached hydrogens (primary N) is 1. The van der Waals surface area contributed by atoms with Crippen molar-refractivity contribution in [2.75, 3.05) is 18.1 Å². The van der Waals surface area contributed by atoms with E-state index in [1.165, 1.54) is 11.1 Å². The molecule has 0 aliphatic heterocycles. The molecule has 2 aromatic rings. The third kappa shape index (κ3) is 3.54. The monoisotopic (exact) mass is 283 g/mol. The maximum Gasteiger partial charge on any atom is 0.253 e. The largest absolute Gasteiger partial charge is 0.399 e. The fraction of sp³-hybridized carbons (Fsp3) is 0.235. The molecular formula is C17H21N3O. The summed E-state index contributed by atoms with van der Waals surface area (Å²) in [5, 5.41) is 5.96. The molecule has 1 amide bonds.